The van der Waals surface area contributed by atoms with E-state index >= 15 is 0 Å². The molecule has 82 valence electrons. The van der Waals surface area contributed by atoms with Crippen LogP contribution in [0, 0.1) is 0 Å². The number of carboxylic acids is 1. The molecule has 0 saturated heterocycles. The Labute approximate surface area is 104 Å². The smallest absolute Gasteiger partial charge is 0.355 e. The molecule has 0 unspecified atom stereocenters. The number of hydrogen-bond donors (Lipinski definition) is 1. The molecule has 2 aromatic rings. The Morgan fingerprint density at radius 2 is 2.19 bits per heavy atom. The molecule has 0 spiro atoms. The fraction of sp³-hybridized carbons (Fsp3) is 0. The highest BCUT2D eigenvalue weighted by atomic mass is 35.5. The van der Waals surface area contributed by atoms with E-state index in [1.807, 2.05) is 0 Å². The van der Waals surface area contributed by atoms with Gasteiger partial charge in [-0.1, -0.05) is 23.2 Å². The molecule has 0 aromatic carbocycles. The van der Waals surface area contributed by atoms with Crippen LogP contribution in [0.25, 0.3) is 10.6 Å². The summed E-state index contributed by atoms with van der Waals surface area (Å²) in [5, 5.41) is 11.4. The summed E-state index contributed by atoms with van der Waals surface area (Å²) >= 11 is 12.8. The largest absolute Gasteiger partial charge is 0.476 e. The van der Waals surface area contributed by atoms with Crippen LogP contribution in [0.3, 0.4) is 0 Å². The van der Waals surface area contributed by atoms with Crippen molar-refractivity contribution in [1.29, 1.82) is 0 Å². The summed E-state index contributed by atoms with van der Waals surface area (Å²) < 4.78 is 0. The predicted molar refractivity (Wildman–Crippen MR) is 62.3 cm³/mol. The van der Waals surface area contributed by atoms with Gasteiger partial charge < -0.3 is 5.11 Å². The topological polar surface area (TPSA) is 63.1 Å². The first-order valence-corrected chi connectivity index (χ1v) is 5.71. The number of hydrogen-bond acceptors (Lipinski definition) is 4. The molecule has 0 atom stereocenters. The quantitative estimate of drug-likeness (QED) is 0.855. The molecule has 2 rings (SSSR count). The number of nitrogens with zero attached hydrogens (tertiary/aromatic N) is 2. The highest BCUT2D eigenvalue weighted by Gasteiger charge is 2.13. The Hall–Kier alpha value is -1.17. The van der Waals surface area contributed by atoms with E-state index in [0.717, 1.165) is 0 Å². The molecule has 0 bridgehead atoms. The number of carbonyl (C=O) groups is 1. The van der Waals surface area contributed by atoms with Crippen LogP contribution in [-0.2, 0) is 0 Å². The predicted octanol–water partition coefficient (Wildman–Crippen LogP) is 3.21. The van der Waals surface area contributed by atoms with E-state index in [1.54, 1.807) is 0 Å². The first-order chi connectivity index (χ1) is 7.58. The fourth-order valence-corrected chi connectivity index (χ4v) is 2.39. The Balaban J connectivity index is 2.46. The summed E-state index contributed by atoms with van der Waals surface area (Å²) in [5.74, 6) is -1.07. The molecular formula is C9H4Cl2N2O2S. The Morgan fingerprint density at radius 3 is 2.75 bits per heavy atom. The molecule has 2 aromatic heterocycles. The van der Waals surface area contributed by atoms with Crippen molar-refractivity contribution in [2.75, 3.05) is 0 Å². The van der Waals surface area contributed by atoms with Gasteiger partial charge in [-0.05, 0) is 6.07 Å². The van der Waals surface area contributed by atoms with Crippen molar-refractivity contribution in [1.82, 2.24) is 9.97 Å². The van der Waals surface area contributed by atoms with Crippen LogP contribution in [0.1, 0.15) is 10.5 Å². The summed E-state index contributed by atoms with van der Waals surface area (Å²) in [7, 11) is 0. The van der Waals surface area contributed by atoms with Gasteiger partial charge in [0.05, 0.1) is 5.02 Å². The lowest BCUT2D eigenvalue weighted by molar-refractivity contribution is 0.0691. The second kappa shape index (κ2) is 4.37. The standard InChI is InChI=1S/C9H4Cl2N2O2S/c10-5-1-7(11)12-2-4(5)8-13-6(3-16-8)9(14)15/h1-3H,(H,14,15). The fourth-order valence-electron chi connectivity index (χ4n) is 1.06. The number of halogens is 2. The van der Waals surface area contributed by atoms with Gasteiger partial charge in [0.15, 0.2) is 5.69 Å². The van der Waals surface area contributed by atoms with E-state index in [9.17, 15) is 4.79 Å². The molecule has 0 amide bonds. The molecule has 0 radical (unpaired) electrons. The van der Waals surface area contributed by atoms with E-state index in [0.29, 0.717) is 15.6 Å². The minimum atomic E-state index is -1.07. The van der Waals surface area contributed by atoms with Crippen LogP contribution in [0.5, 0.6) is 0 Å². The van der Waals surface area contributed by atoms with Crippen molar-refractivity contribution in [3.8, 4) is 10.6 Å². The van der Waals surface area contributed by atoms with Crippen LogP contribution in [0.2, 0.25) is 10.2 Å². The molecule has 1 N–H and O–H groups in total. The number of aromatic nitrogens is 2. The van der Waals surface area contributed by atoms with Crippen LogP contribution >= 0.6 is 34.5 Å². The van der Waals surface area contributed by atoms with Gasteiger partial charge >= 0.3 is 5.97 Å². The number of thiazole rings is 1. The first kappa shape index (κ1) is 11.3. The average molecular weight is 275 g/mol. The van der Waals surface area contributed by atoms with E-state index in [1.165, 1.54) is 29.0 Å². The minimum absolute atomic E-state index is 0.00832. The molecule has 2 heterocycles. The molecule has 0 aliphatic heterocycles. The van der Waals surface area contributed by atoms with E-state index in [4.69, 9.17) is 28.3 Å². The second-order valence-electron chi connectivity index (χ2n) is 2.83. The zero-order valence-corrected chi connectivity index (χ0v) is 9.97. The van der Waals surface area contributed by atoms with Gasteiger partial charge in [0.25, 0.3) is 0 Å². The van der Waals surface area contributed by atoms with Gasteiger partial charge in [-0.15, -0.1) is 11.3 Å². The maximum atomic E-state index is 10.7. The molecular weight excluding hydrogens is 271 g/mol. The third-order valence-corrected chi connectivity index (χ3v) is 3.17. The summed E-state index contributed by atoms with van der Waals surface area (Å²) in [5.41, 5.74) is 0.564. The van der Waals surface area contributed by atoms with Crippen molar-refractivity contribution < 1.29 is 9.90 Å². The van der Waals surface area contributed by atoms with Crippen LogP contribution in [0.4, 0.5) is 0 Å². The van der Waals surface area contributed by atoms with Gasteiger partial charge in [0.1, 0.15) is 10.2 Å². The lowest BCUT2D eigenvalue weighted by Crippen LogP contribution is -1.95. The van der Waals surface area contributed by atoms with E-state index in [2.05, 4.69) is 9.97 Å². The van der Waals surface area contributed by atoms with Gasteiger partial charge in [0.2, 0.25) is 0 Å². The number of aromatic carboxylic acids is 1. The Morgan fingerprint density at radius 1 is 1.44 bits per heavy atom. The van der Waals surface area contributed by atoms with Crippen molar-refractivity contribution >= 4 is 40.5 Å². The minimum Gasteiger partial charge on any atom is -0.476 e. The lowest BCUT2D eigenvalue weighted by Gasteiger charge is -1.99. The molecule has 0 aliphatic carbocycles. The normalized spacial score (nSPS) is 10.4. The summed E-state index contributed by atoms with van der Waals surface area (Å²) in [4.78, 5) is 18.5. The molecule has 4 nitrogen and oxygen atoms in total. The molecule has 16 heavy (non-hydrogen) atoms. The van der Waals surface area contributed by atoms with Crippen molar-refractivity contribution in [2.24, 2.45) is 0 Å². The van der Waals surface area contributed by atoms with Gasteiger partial charge in [0, 0.05) is 17.1 Å². The summed E-state index contributed by atoms with van der Waals surface area (Å²) in [6.07, 6.45) is 1.47. The van der Waals surface area contributed by atoms with Crippen LogP contribution in [0.15, 0.2) is 17.6 Å². The lowest BCUT2D eigenvalue weighted by atomic mass is 10.3. The van der Waals surface area contributed by atoms with E-state index < -0.39 is 5.97 Å². The van der Waals surface area contributed by atoms with Crippen molar-refractivity contribution in [3.05, 3.63) is 33.5 Å². The van der Waals surface area contributed by atoms with Crippen molar-refractivity contribution in [2.45, 2.75) is 0 Å². The van der Waals surface area contributed by atoms with Crippen molar-refractivity contribution in [3.63, 3.8) is 0 Å². The Kier molecular flexibility index (Phi) is 3.09. The maximum Gasteiger partial charge on any atom is 0.355 e. The first-order valence-electron chi connectivity index (χ1n) is 4.08. The third kappa shape index (κ3) is 2.16. The molecule has 0 fully saturated rings. The Bertz CT molecular complexity index is 556. The SMILES string of the molecule is O=C(O)c1csc(-c2cnc(Cl)cc2Cl)n1. The third-order valence-electron chi connectivity index (χ3n) is 1.77. The van der Waals surface area contributed by atoms with E-state index in [-0.39, 0.29) is 10.8 Å². The molecule has 7 heteroatoms. The number of pyridine rings is 1. The molecule has 0 saturated carbocycles. The zero-order valence-electron chi connectivity index (χ0n) is 7.65. The zero-order chi connectivity index (χ0) is 11.7. The number of rotatable bonds is 2. The van der Waals surface area contributed by atoms with Crippen LogP contribution < -0.4 is 0 Å². The second-order valence-corrected chi connectivity index (χ2v) is 4.48. The van der Waals surface area contributed by atoms with Gasteiger partial charge in [-0.25, -0.2) is 14.8 Å². The highest BCUT2D eigenvalue weighted by Crippen LogP contribution is 2.30. The maximum absolute atomic E-state index is 10.7. The highest BCUT2D eigenvalue weighted by molar-refractivity contribution is 7.13. The van der Waals surface area contributed by atoms with Crippen LogP contribution in [-0.4, -0.2) is 21.0 Å². The summed E-state index contributed by atoms with van der Waals surface area (Å²) in [6.45, 7) is 0. The summed E-state index contributed by atoms with van der Waals surface area (Å²) in [6, 6.07) is 1.49. The number of carboxylic acid groups (broad SMARTS) is 1. The molecule has 0 aliphatic rings. The van der Waals surface area contributed by atoms with Gasteiger partial charge in [-0.3, -0.25) is 0 Å². The monoisotopic (exact) mass is 274 g/mol. The van der Waals surface area contributed by atoms with Gasteiger partial charge in [-0.2, -0.15) is 0 Å². The average Bonchev–Trinajstić information content (AvgIpc) is 2.66.